The van der Waals surface area contributed by atoms with Gasteiger partial charge in [-0.1, -0.05) is 25.1 Å². The molecule has 1 fully saturated rings. The van der Waals surface area contributed by atoms with E-state index in [4.69, 9.17) is 9.26 Å². The minimum Gasteiger partial charge on any atom is -0.491 e. The Hall–Kier alpha value is -2.54. The van der Waals surface area contributed by atoms with Crippen LogP contribution in [-0.2, 0) is 12.8 Å². The Morgan fingerprint density at radius 2 is 2.07 bits per heavy atom. The lowest BCUT2D eigenvalue weighted by Gasteiger charge is -2.37. The zero-order valence-electron chi connectivity index (χ0n) is 17.5. The van der Waals surface area contributed by atoms with E-state index in [0.717, 1.165) is 50.5 Å². The van der Waals surface area contributed by atoms with Crippen LogP contribution in [0.1, 0.15) is 35.7 Å². The van der Waals surface area contributed by atoms with E-state index in [0.29, 0.717) is 18.2 Å². The van der Waals surface area contributed by atoms with E-state index in [2.05, 4.69) is 53.3 Å². The lowest BCUT2D eigenvalue weighted by Crippen LogP contribution is -2.46. The maximum Gasteiger partial charge on any atom is 0.273 e. The van der Waals surface area contributed by atoms with Crippen LogP contribution in [0.5, 0.6) is 5.75 Å². The van der Waals surface area contributed by atoms with Crippen molar-refractivity contribution in [1.29, 1.82) is 0 Å². The topological polar surface area (TPSA) is 70.8 Å². The Balaban J connectivity index is 1.44. The smallest absolute Gasteiger partial charge is 0.273 e. The lowest BCUT2D eigenvalue weighted by atomic mass is 9.99. The van der Waals surface area contributed by atoms with E-state index in [1.807, 2.05) is 6.07 Å². The molecule has 1 amide bonds. The van der Waals surface area contributed by atoms with E-state index in [-0.39, 0.29) is 11.9 Å². The highest BCUT2D eigenvalue weighted by atomic mass is 16.5. The van der Waals surface area contributed by atoms with Gasteiger partial charge in [-0.25, -0.2) is 0 Å². The summed E-state index contributed by atoms with van der Waals surface area (Å²) in [5.41, 5.74) is 2.73. The highest BCUT2D eigenvalue weighted by Crippen LogP contribution is 2.34. The van der Waals surface area contributed by atoms with Crippen LogP contribution in [0.3, 0.4) is 0 Å². The Morgan fingerprint density at radius 1 is 1.28 bits per heavy atom. The lowest BCUT2D eigenvalue weighted by molar-refractivity contribution is 0.0906. The molecule has 1 saturated heterocycles. The van der Waals surface area contributed by atoms with Crippen LogP contribution in [0.25, 0.3) is 0 Å². The standard InChI is InChI=1S/C22H30N4O3/c1-15(2)11-17-13-19(24-29-17)22(27)23-16-12-18-20(5-4-6-21(18)28-14-16)26-9-7-25(3)8-10-26/h4-6,13,15-16H,7-12,14H2,1-3H3,(H,23,27)/t16-/m0/s1. The third-order valence-corrected chi connectivity index (χ3v) is 5.58. The molecule has 1 aromatic carbocycles. The van der Waals surface area contributed by atoms with E-state index < -0.39 is 0 Å². The summed E-state index contributed by atoms with van der Waals surface area (Å²) in [7, 11) is 2.16. The first-order valence-corrected chi connectivity index (χ1v) is 10.4. The van der Waals surface area contributed by atoms with Crippen molar-refractivity contribution in [3.05, 3.63) is 41.3 Å². The molecule has 2 aliphatic rings. The molecule has 0 radical (unpaired) electrons. The predicted molar refractivity (Wildman–Crippen MR) is 112 cm³/mol. The van der Waals surface area contributed by atoms with Crippen molar-refractivity contribution in [2.75, 3.05) is 44.7 Å². The molecule has 7 heteroatoms. The average molecular weight is 399 g/mol. The first kappa shape index (κ1) is 19.8. The molecule has 0 saturated carbocycles. The van der Waals surface area contributed by atoms with Crippen molar-refractivity contribution in [3.63, 3.8) is 0 Å². The van der Waals surface area contributed by atoms with E-state index in [1.165, 1.54) is 11.3 Å². The number of ether oxygens (including phenoxy) is 1. The van der Waals surface area contributed by atoms with E-state index in [9.17, 15) is 4.79 Å². The Labute approximate surface area is 172 Å². The number of aromatic nitrogens is 1. The molecule has 156 valence electrons. The maximum absolute atomic E-state index is 12.6. The summed E-state index contributed by atoms with van der Waals surface area (Å²) in [6, 6.07) is 7.88. The molecule has 3 heterocycles. The quantitative estimate of drug-likeness (QED) is 0.834. The third kappa shape index (κ3) is 4.56. The first-order chi connectivity index (χ1) is 14.0. The third-order valence-electron chi connectivity index (χ3n) is 5.58. The van der Waals surface area contributed by atoms with Gasteiger partial charge in [-0.15, -0.1) is 0 Å². The largest absolute Gasteiger partial charge is 0.491 e. The van der Waals surface area contributed by atoms with Gasteiger partial charge in [0.2, 0.25) is 0 Å². The molecule has 0 spiro atoms. The number of nitrogens with zero attached hydrogens (tertiary/aromatic N) is 3. The van der Waals surface area contributed by atoms with Gasteiger partial charge in [0.25, 0.3) is 5.91 Å². The molecule has 1 N–H and O–H groups in total. The van der Waals surface area contributed by atoms with Crippen LogP contribution in [0.15, 0.2) is 28.8 Å². The van der Waals surface area contributed by atoms with Gasteiger partial charge >= 0.3 is 0 Å². The zero-order chi connectivity index (χ0) is 20.4. The van der Waals surface area contributed by atoms with Crippen LogP contribution >= 0.6 is 0 Å². The van der Waals surface area contributed by atoms with Gasteiger partial charge in [-0.2, -0.15) is 0 Å². The molecule has 4 rings (SSSR count). The second-order valence-electron chi connectivity index (χ2n) is 8.51. The van der Waals surface area contributed by atoms with Crippen molar-refractivity contribution in [3.8, 4) is 5.75 Å². The molecule has 0 aliphatic carbocycles. The summed E-state index contributed by atoms with van der Waals surface area (Å²) in [4.78, 5) is 17.4. The fourth-order valence-electron chi connectivity index (χ4n) is 4.00. The monoisotopic (exact) mass is 398 g/mol. The predicted octanol–water partition coefficient (Wildman–Crippen LogP) is 2.36. The summed E-state index contributed by atoms with van der Waals surface area (Å²) in [5, 5.41) is 7.00. The highest BCUT2D eigenvalue weighted by Gasteiger charge is 2.27. The minimum atomic E-state index is -0.210. The first-order valence-electron chi connectivity index (χ1n) is 10.4. The normalized spacial score (nSPS) is 19.7. The summed E-state index contributed by atoms with van der Waals surface area (Å²) >= 11 is 0. The summed E-state index contributed by atoms with van der Waals surface area (Å²) in [5.74, 6) is 1.91. The number of carbonyl (C=O) groups excluding carboxylic acids is 1. The maximum atomic E-state index is 12.6. The van der Waals surface area contributed by atoms with E-state index in [1.54, 1.807) is 6.07 Å². The molecule has 7 nitrogen and oxygen atoms in total. The molecule has 2 aliphatic heterocycles. The van der Waals surface area contributed by atoms with Gasteiger partial charge in [-0.05, 0) is 25.1 Å². The van der Waals surface area contributed by atoms with Gasteiger partial charge in [0.15, 0.2) is 5.69 Å². The summed E-state index contributed by atoms with van der Waals surface area (Å²) < 4.78 is 11.3. The van der Waals surface area contributed by atoms with Crippen LogP contribution in [0.2, 0.25) is 0 Å². The SMILES string of the molecule is CC(C)Cc1cc(C(=O)N[C@@H]2COc3cccc(N4CCN(C)CC4)c3C2)no1. The fourth-order valence-corrected chi connectivity index (χ4v) is 4.00. The second-order valence-corrected chi connectivity index (χ2v) is 8.51. The van der Waals surface area contributed by atoms with Gasteiger partial charge in [0.1, 0.15) is 18.1 Å². The highest BCUT2D eigenvalue weighted by molar-refractivity contribution is 5.92. The Bertz CT molecular complexity index is 855. The molecular weight excluding hydrogens is 368 g/mol. The van der Waals surface area contributed by atoms with Crippen molar-refractivity contribution in [1.82, 2.24) is 15.4 Å². The summed E-state index contributed by atoms with van der Waals surface area (Å²) in [6.45, 7) is 8.78. The number of hydrogen-bond donors (Lipinski definition) is 1. The zero-order valence-corrected chi connectivity index (χ0v) is 17.5. The minimum absolute atomic E-state index is 0.0890. The van der Waals surface area contributed by atoms with Gasteiger partial charge in [0, 0.05) is 56.3 Å². The number of likely N-dealkylation sites (N-methyl/N-ethyl adjacent to an activating group) is 1. The van der Waals surface area contributed by atoms with Gasteiger partial charge < -0.3 is 24.4 Å². The Kier molecular flexibility index (Phi) is 5.76. The van der Waals surface area contributed by atoms with Crippen molar-refractivity contribution in [2.24, 2.45) is 5.92 Å². The number of benzene rings is 1. The van der Waals surface area contributed by atoms with Crippen LogP contribution in [0.4, 0.5) is 5.69 Å². The number of piperazine rings is 1. The summed E-state index contributed by atoms with van der Waals surface area (Å²) in [6.07, 6.45) is 1.52. The van der Waals surface area contributed by atoms with Crippen molar-refractivity contribution < 1.29 is 14.1 Å². The molecule has 2 aromatic rings. The Morgan fingerprint density at radius 3 is 2.83 bits per heavy atom. The number of fused-ring (bicyclic) bond motifs is 1. The van der Waals surface area contributed by atoms with Crippen LogP contribution in [-0.4, -0.2) is 61.8 Å². The molecule has 1 atom stereocenters. The van der Waals surface area contributed by atoms with E-state index >= 15 is 0 Å². The molecule has 29 heavy (non-hydrogen) atoms. The van der Waals surface area contributed by atoms with Crippen LogP contribution in [0, 0.1) is 5.92 Å². The average Bonchev–Trinajstić information content (AvgIpc) is 3.16. The van der Waals surface area contributed by atoms with Crippen LogP contribution < -0.4 is 15.0 Å². The number of rotatable bonds is 5. The molecule has 1 aromatic heterocycles. The number of nitrogens with one attached hydrogen (secondary N) is 1. The molecular formula is C22H30N4O3. The number of carbonyl (C=O) groups is 1. The second kappa shape index (κ2) is 8.45. The number of amides is 1. The number of anilines is 1. The van der Waals surface area contributed by atoms with Gasteiger partial charge in [0.05, 0.1) is 6.04 Å². The van der Waals surface area contributed by atoms with Gasteiger partial charge in [-0.3, -0.25) is 4.79 Å². The molecule has 0 unspecified atom stereocenters. The van der Waals surface area contributed by atoms with Crippen molar-refractivity contribution in [2.45, 2.75) is 32.7 Å². The molecule has 0 bridgehead atoms. The fraction of sp³-hybridized carbons (Fsp3) is 0.545. The van der Waals surface area contributed by atoms with Crippen molar-refractivity contribution >= 4 is 11.6 Å². The number of hydrogen-bond acceptors (Lipinski definition) is 6.